The molecule has 22 heavy (non-hydrogen) atoms. The number of carbonyl (C=O) groups is 1. The maximum atomic E-state index is 12.2. The molecule has 0 heterocycles. The number of amides is 1. The minimum atomic E-state index is -0.606. The minimum absolute atomic E-state index is 0.188. The Bertz CT molecular complexity index is 673. The summed E-state index contributed by atoms with van der Waals surface area (Å²) in [7, 11) is 1.59. The van der Waals surface area contributed by atoms with Crippen molar-refractivity contribution in [2.24, 2.45) is 0 Å². The number of methoxy groups -OCH3 is 1. The van der Waals surface area contributed by atoms with Gasteiger partial charge in [-0.25, -0.2) is 0 Å². The molecule has 116 valence electrons. The lowest BCUT2D eigenvalue weighted by Crippen LogP contribution is -2.30. The number of halogens is 1. The second-order valence-electron chi connectivity index (χ2n) is 4.89. The molecule has 5 heteroatoms. The zero-order valence-corrected chi connectivity index (χ0v) is 14.9. The highest BCUT2D eigenvalue weighted by Crippen LogP contribution is 2.21. The molecule has 0 aliphatic heterocycles. The van der Waals surface area contributed by atoms with Crippen molar-refractivity contribution in [2.75, 3.05) is 12.4 Å². The summed E-state index contributed by atoms with van der Waals surface area (Å²) in [5.41, 5.74) is 1.82. The van der Waals surface area contributed by atoms with Gasteiger partial charge in [0.2, 0.25) is 0 Å². The number of rotatable bonds is 5. The highest BCUT2D eigenvalue weighted by atomic mass is 127. The van der Waals surface area contributed by atoms with Gasteiger partial charge >= 0.3 is 0 Å². The first-order valence-electron chi connectivity index (χ1n) is 6.87. The van der Waals surface area contributed by atoms with Gasteiger partial charge in [0.15, 0.2) is 6.10 Å². The highest BCUT2D eigenvalue weighted by Gasteiger charge is 2.16. The third kappa shape index (κ3) is 4.37. The minimum Gasteiger partial charge on any atom is -0.497 e. The van der Waals surface area contributed by atoms with E-state index in [1.165, 1.54) is 0 Å². The van der Waals surface area contributed by atoms with E-state index in [1.54, 1.807) is 26.2 Å². The summed E-state index contributed by atoms with van der Waals surface area (Å²) >= 11 is 2.24. The molecule has 2 aromatic carbocycles. The Hall–Kier alpha value is -1.76. The Balaban J connectivity index is 2.02. The SMILES string of the molecule is COc1cccc(OC(C)C(=O)Nc2ccc(I)cc2C)c1. The van der Waals surface area contributed by atoms with Gasteiger partial charge in [0.1, 0.15) is 11.5 Å². The maximum absolute atomic E-state index is 12.2. The molecule has 0 aliphatic carbocycles. The lowest BCUT2D eigenvalue weighted by molar-refractivity contribution is -0.122. The van der Waals surface area contributed by atoms with Crippen LogP contribution in [0.4, 0.5) is 5.69 Å². The van der Waals surface area contributed by atoms with Gasteiger partial charge in [-0.05, 0) is 72.3 Å². The Morgan fingerprint density at radius 2 is 1.91 bits per heavy atom. The van der Waals surface area contributed by atoms with E-state index in [0.717, 1.165) is 14.8 Å². The molecule has 2 rings (SSSR count). The topological polar surface area (TPSA) is 47.6 Å². The first-order chi connectivity index (χ1) is 10.5. The van der Waals surface area contributed by atoms with Crippen LogP contribution >= 0.6 is 22.6 Å². The largest absolute Gasteiger partial charge is 0.497 e. The summed E-state index contributed by atoms with van der Waals surface area (Å²) in [4.78, 5) is 12.2. The van der Waals surface area contributed by atoms with Gasteiger partial charge < -0.3 is 14.8 Å². The van der Waals surface area contributed by atoms with Crippen molar-refractivity contribution < 1.29 is 14.3 Å². The Morgan fingerprint density at radius 1 is 1.18 bits per heavy atom. The number of hydrogen-bond acceptors (Lipinski definition) is 3. The van der Waals surface area contributed by atoms with E-state index in [1.807, 2.05) is 37.3 Å². The van der Waals surface area contributed by atoms with Crippen LogP contribution in [0, 0.1) is 10.5 Å². The van der Waals surface area contributed by atoms with Crippen molar-refractivity contribution >= 4 is 34.2 Å². The predicted octanol–water partition coefficient (Wildman–Crippen LogP) is 4.01. The van der Waals surface area contributed by atoms with Gasteiger partial charge in [-0.3, -0.25) is 4.79 Å². The quantitative estimate of drug-likeness (QED) is 0.757. The average molecular weight is 411 g/mol. The van der Waals surface area contributed by atoms with Gasteiger partial charge in [0.05, 0.1) is 7.11 Å². The smallest absolute Gasteiger partial charge is 0.265 e. The molecular weight excluding hydrogens is 393 g/mol. The van der Waals surface area contributed by atoms with Gasteiger partial charge in [0, 0.05) is 15.3 Å². The Kier molecular flexibility index (Phi) is 5.65. The number of carbonyl (C=O) groups excluding carboxylic acids is 1. The molecule has 0 spiro atoms. The fourth-order valence-electron chi connectivity index (χ4n) is 1.93. The van der Waals surface area contributed by atoms with Gasteiger partial charge in [-0.2, -0.15) is 0 Å². The van der Waals surface area contributed by atoms with Crippen molar-refractivity contribution in [3.05, 3.63) is 51.6 Å². The van der Waals surface area contributed by atoms with Crippen LogP contribution in [0.5, 0.6) is 11.5 Å². The molecule has 0 saturated carbocycles. The summed E-state index contributed by atoms with van der Waals surface area (Å²) in [5, 5.41) is 2.89. The lowest BCUT2D eigenvalue weighted by Gasteiger charge is -2.16. The standard InChI is InChI=1S/C17H18INO3/c1-11-9-13(18)7-8-16(11)19-17(20)12(2)22-15-6-4-5-14(10-15)21-3/h4-10,12H,1-3H3,(H,19,20). The summed E-state index contributed by atoms with van der Waals surface area (Å²) in [6.45, 7) is 3.68. The van der Waals surface area contributed by atoms with Crippen molar-refractivity contribution in [1.29, 1.82) is 0 Å². The Labute approximate surface area is 144 Å². The number of anilines is 1. The Morgan fingerprint density at radius 3 is 2.59 bits per heavy atom. The van der Waals surface area contributed by atoms with Gasteiger partial charge in [0.25, 0.3) is 5.91 Å². The van der Waals surface area contributed by atoms with Crippen molar-refractivity contribution in [3.63, 3.8) is 0 Å². The molecule has 4 nitrogen and oxygen atoms in total. The molecule has 0 fully saturated rings. The highest BCUT2D eigenvalue weighted by molar-refractivity contribution is 14.1. The number of ether oxygens (including phenoxy) is 2. The molecule has 0 bridgehead atoms. The van der Waals surface area contributed by atoms with E-state index < -0.39 is 6.10 Å². The lowest BCUT2D eigenvalue weighted by atomic mass is 10.2. The van der Waals surface area contributed by atoms with Crippen molar-refractivity contribution in [2.45, 2.75) is 20.0 Å². The molecule has 2 aromatic rings. The zero-order valence-electron chi connectivity index (χ0n) is 12.7. The van der Waals surface area contributed by atoms with Gasteiger partial charge in [-0.1, -0.05) is 6.07 Å². The normalized spacial score (nSPS) is 11.6. The van der Waals surface area contributed by atoms with Crippen LogP contribution in [-0.4, -0.2) is 19.1 Å². The molecule has 1 unspecified atom stereocenters. The molecular formula is C17H18INO3. The zero-order chi connectivity index (χ0) is 16.1. The van der Waals surface area contributed by atoms with Gasteiger partial charge in [-0.15, -0.1) is 0 Å². The van der Waals surface area contributed by atoms with Crippen LogP contribution in [0.2, 0.25) is 0 Å². The average Bonchev–Trinajstić information content (AvgIpc) is 2.50. The molecule has 1 amide bonds. The molecule has 1 N–H and O–H groups in total. The van der Waals surface area contributed by atoms with Crippen LogP contribution in [0.3, 0.4) is 0 Å². The van der Waals surface area contributed by atoms with E-state index in [-0.39, 0.29) is 5.91 Å². The van der Waals surface area contributed by atoms with Crippen LogP contribution in [0.15, 0.2) is 42.5 Å². The third-order valence-electron chi connectivity index (χ3n) is 3.17. The fourth-order valence-corrected chi connectivity index (χ4v) is 2.58. The first-order valence-corrected chi connectivity index (χ1v) is 7.95. The van der Waals surface area contributed by atoms with Crippen LogP contribution in [-0.2, 0) is 4.79 Å². The molecule has 0 aliphatic rings. The van der Waals surface area contributed by atoms with E-state index >= 15 is 0 Å². The number of benzene rings is 2. The first kappa shape index (κ1) is 16.6. The second kappa shape index (κ2) is 7.49. The monoisotopic (exact) mass is 411 g/mol. The summed E-state index contributed by atoms with van der Waals surface area (Å²) in [5.74, 6) is 1.10. The van der Waals surface area contributed by atoms with Crippen molar-refractivity contribution in [1.82, 2.24) is 0 Å². The van der Waals surface area contributed by atoms with E-state index in [9.17, 15) is 4.79 Å². The molecule has 0 radical (unpaired) electrons. The molecule has 0 aromatic heterocycles. The number of nitrogens with one attached hydrogen (secondary N) is 1. The summed E-state index contributed by atoms with van der Waals surface area (Å²) in [6.07, 6.45) is -0.606. The molecule has 0 saturated heterocycles. The van der Waals surface area contributed by atoms with Crippen LogP contribution < -0.4 is 14.8 Å². The van der Waals surface area contributed by atoms with Crippen LogP contribution in [0.1, 0.15) is 12.5 Å². The van der Waals surface area contributed by atoms with E-state index in [0.29, 0.717) is 11.5 Å². The summed E-state index contributed by atoms with van der Waals surface area (Å²) in [6, 6.07) is 13.1. The number of hydrogen-bond donors (Lipinski definition) is 1. The predicted molar refractivity (Wildman–Crippen MR) is 95.6 cm³/mol. The summed E-state index contributed by atoms with van der Waals surface area (Å²) < 4.78 is 11.9. The second-order valence-corrected chi connectivity index (χ2v) is 6.13. The third-order valence-corrected chi connectivity index (χ3v) is 3.84. The fraction of sp³-hybridized carbons (Fsp3) is 0.235. The number of aryl methyl sites for hydroxylation is 1. The maximum Gasteiger partial charge on any atom is 0.265 e. The molecule has 1 atom stereocenters. The van der Waals surface area contributed by atoms with E-state index in [2.05, 4.69) is 27.9 Å². The van der Waals surface area contributed by atoms with E-state index in [4.69, 9.17) is 9.47 Å². The van der Waals surface area contributed by atoms with Crippen molar-refractivity contribution in [3.8, 4) is 11.5 Å². The van der Waals surface area contributed by atoms with Crippen LogP contribution in [0.25, 0.3) is 0 Å².